The highest BCUT2D eigenvalue weighted by Gasteiger charge is 2.11. The van der Waals surface area contributed by atoms with Gasteiger partial charge in [-0.3, -0.25) is 9.69 Å². The summed E-state index contributed by atoms with van der Waals surface area (Å²) in [6, 6.07) is 11.2. The summed E-state index contributed by atoms with van der Waals surface area (Å²) in [6.07, 6.45) is -0.446. The predicted octanol–water partition coefficient (Wildman–Crippen LogP) is 5.00. The minimum Gasteiger partial charge on any atom is -0.452 e. The van der Waals surface area contributed by atoms with Gasteiger partial charge in [-0.2, -0.15) is 0 Å². The molecular weight excluding hydrogens is 416 g/mol. The van der Waals surface area contributed by atoms with Crippen molar-refractivity contribution in [3.05, 3.63) is 52.0 Å². The number of thioether (sulfide) groups is 1. The van der Waals surface area contributed by atoms with Gasteiger partial charge in [-0.15, -0.1) is 11.8 Å². The number of nitrogens with one attached hydrogen (secondary N) is 1. The largest absolute Gasteiger partial charge is 0.452 e. The third-order valence-electron chi connectivity index (χ3n) is 3.80. The lowest BCUT2D eigenvalue weighted by molar-refractivity contribution is -0.113. The van der Waals surface area contributed by atoms with Crippen LogP contribution in [-0.2, 0) is 9.53 Å². The topological polar surface area (TPSA) is 58.6 Å². The third kappa shape index (κ3) is 5.25. The number of carbonyl (C=O) groups is 2. The number of methoxy groups -OCH3 is 1. The molecule has 2 aromatic carbocycles. The van der Waals surface area contributed by atoms with Crippen LogP contribution in [0.3, 0.4) is 0 Å². The van der Waals surface area contributed by atoms with Gasteiger partial charge in [-0.25, -0.2) is 4.79 Å². The van der Waals surface area contributed by atoms with Gasteiger partial charge < -0.3 is 10.1 Å². The summed E-state index contributed by atoms with van der Waals surface area (Å²) in [5, 5.41) is 2.86. The van der Waals surface area contributed by atoms with Crippen molar-refractivity contribution in [2.45, 2.75) is 18.7 Å². The Balaban J connectivity index is 1.94. The van der Waals surface area contributed by atoms with E-state index in [1.807, 2.05) is 13.8 Å². The molecule has 2 amide bonds. The Morgan fingerprint density at radius 2 is 1.81 bits per heavy atom. The molecule has 138 valence electrons. The second kappa shape index (κ2) is 9.09. The molecule has 0 aliphatic rings. The average molecular weight is 437 g/mol. The Kier molecular flexibility index (Phi) is 7.11. The molecule has 0 radical (unpaired) electrons. The predicted molar refractivity (Wildman–Crippen MR) is 110 cm³/mol. The lowest BCUT2D eigenvalue weighted by Gasteiger charge is -2.16. The molecule has 7 heteroatoms. The summed E-state index contributed by atoms with van der Waals surface area (Å²) in [5.74, 6) is 0.246. The van der Waals surface area contributed by atoms with Crippen molar-refractivity contribution < 1.29 is 14.3 Å². The molecule has 0 heterocycles. The maximum Gasteiger partial charge on any atom is 0.413 e. The van der Waals surface area contributed by atoms with Crippen LogP contribution in [-0.4, -0.2) is 31.9 Å². The molecule has 0 atom stereocenters. The van der Waals surface area contributed by atoms with Gasteiger partial charge in [0.05, 0.1) is 12.9 Å². The van der Waals surface area contributed by atoms with Crippen LogP contribution in [0.1, 0.15) is 11.1 Å². The van der Waals surface area contributed by atoms with Crippen molar-refractivity contribution >= 4 is 51.1 Å². The van der Waals surface area contributed by atoms with Crippen LogP contribution in [0, 0.1) is 13.8 Å². The molecule has 2 rings (SSSR count). The fourth-order valence-electron chi connectivity index (χ4n) is 2.26. The Bertz CT molecular complexity index is 809. The fourth-order valence-corrected chi connectivity index (χ4v) is 3.62. The van der Waals surface area contributed by atoms with Crippen LogP contribution in [0.5, 0.6) is 0 Å². The molecule has 0 saturated heterocycles. The molecule has 0 aromatic heterocycles. The molecule has 0 saturated carbocycles. The van der Waals surface area contributed by atoms with Crippen LogP contribution in [0.2, 0.25) is 0 Å². The first-order chi connectivity index (χ1) is 12.3. The Morgan fingerprint density at radius 3 is 2.42 bits per heavy atom. The number of ether oxygens (including phenoxy) is 1. The second-order valence-electron chi connectivity index (χ2n) is 5.78. The fraction of sp³-hybridized carbons (Fsp3) is 0.263. The monoisotopic (exact) mass is 436 g/mol. The summed E-state index contributed by atoms with van der Waals surface area (Å²) in [7, 11) is 2.96. The first-order valence-electron chi connectivity index (χ1n) is 7.93. The van der Waals surface area contributed by atoms with Crippen molar-refractivity contribution in [2.24, 2.45) is 0 Å². The van der Waals surface area contributed by atoms with Gasteiger partial charge in [-0.1, -0.05) is 15.9 Å². The number of aryl methyl sites for hydroxylation is 2. The van der Waals surface area contributed by atoms with Crippen LogP contribution in [0.4, 0.5) is 16.2 Å². The summed E-state index contributed by atoms with van der Waals surface area (Å²) in [4.78, 5) is 26.2. The normalized spacial score (nSPS) is 10.3. The minimum absolute atomic E-state index is 0.0796. The van der Waals surface area contributed by atoms with Gasteiger partial charge in [-0.05, 0) is 61.4 Å². The highest BCUT2D eigenvalue weighted by molar-refractivity contribution is 9.10. The van der Waals surface area contributed by atoms with Gasteiger partial charge in [0.1, 0.15) is 0 Å². The van der Waals surface area contributed by atoms with Crippen LogP contribution >= 0.6 is 27.7 Å². The molecule has 0 aliphatic carbocycles. The number of hydrogen-bond donors (Lipinski definition) is 1. The molecule has 5 nitrogen and oxygen atoms in total. The molecule has 0 fully saturated rings. The zero-order chi connectivity index (χ0) is 19.3. The van der Waals surface area contributed by atoms with Crippen molar-refractivity contribution in [3.63, 3.8) is 0 Å². The van der Waals surface area contributed by atoms with Crippen molar-refractivity contribution in [1.29, 1.82) is 0 Å². The maximum atomic E-state index is 12.2. The van der Waals surface area contributed by atoms with E-state index in [9.17, 15) is 9.59 Å². The lowest BCUT2D eigenvalue weighted by atomic mass is 10.2. The van der Waals surface area contributed by atoms with E-state index in [2.05, 4.69) is 38.1 Å². The minimum atomic E-state index is -0.446. The zero-order valence-corrected chi connectivity index (χ0v) is 17.5. The van der Waals surface area contributed by atoms with Crippen LogP contribution in [0.15, 0.2) is 45.8 Å². The van der Waals surface area contributed by atoms with Gasteiger partial charge in [0.2, 0.25) is 5.91 Å². The molecule has 0 bridgehead atoms. The van der Waals surface area contributed by atoms with Crippen molar-refractivity contribution in [1.82, 2.24) is 0 Å². The number of benzene rings is 2. The van der Waals surface area contributed by atoms with E-state index in [1.165, 1.54) is 23.8 Å². The summed E-state index contributed by atoms with van der Waals surface area (Å²) < 4.78 is 5.74. The average Bonchev–Trinajstić information content (AvgIpc) is 2.63. The number of anilines is 2. The molecule has 0 spiro atoms. The van der Waals surface area contributed by atoms with E-state index < -0.39 is 6.09 Å². The summed E-state index contributed by atoms with van der Waals surface area (Å²) in [6.45, 7) is 4.06. The molecule has 0 unspecified atom stereocenters. The smallest absolute Gasteiger partial charge is 0.413 e. The van der Waals surface area contributed by atoms with Crippen LogP contribution < -0.4 is 10.2 Å². The number of rotatable bonds is 5. The van der Waals surface area contributed by atoms with Crippen molar-refractivity contribution in [3.8, 4) is 0 Å². The van der Waals surface area contributed by atoms with Gasteiger partial charge >= 0.3 is 6.09 Å². The maximum absolute atomic E-state index is 12.2. The van der Waals surface area contributed by atoms with Gasteiger partial charge in [0.15, 0.2) is 0 Å². The standard InChI is InChI=1S/C19H21BrN2O3S/c1-12-10-17(13(2)9-16(12)20)26-11-18(23)21-14-5-7-15(8-6-14)22(3)19(24)25-4/h5-10H,11H2,1-4H3,(H,21,23). The third-order valence-corrected chi connectivity index (χ3v) is 5.81. The zero-order valence-electron chi connectivity index (χ0n) is 15.1. The first-order valence-corrected chi connectivity index (χ1v) is 9.71. The van der Waals surface area contributed by atoms with E-state index in [1.54, 1.807) is 31.3 Å². The molecular formula is C19H21BrN2O3S. The highest BCUT2D eigenvalue weighted by atomic mass is 79.9. The van der Waals surface area contributed by atoms with Gasteiger partial charge in [0, 0.05) is 27.8 Å². The number of nitrogens with zero attached hydrogens (tertiary/aromatic N) is 1. The molecule has 2 aromatic rings. The number of hydrogen-bond acceptors (Lipinski definition) is 4. The molecule has 0 aliphatic heterocycles. The second-order valence-corrected chi connectivity index (χ2v) is 7.65. The Labute approximate surface area is 166 Å². The van der Waals surface area contributed by atoms with E-state index in [4.69, 9.17) is 0 Å². The van der Waals surface area contributed by atoms with Gasteiger partial charge in [0.25, 0.3) is 0 Å². The SMILES string of the molecule is COC(=O)N(C)c1ccc(NC(=O)CSc2cc(C)c(Br)cc2C)cc1. The Hall–Kier alpha value is -1.99. The molecule has 1 N–H and O–H groups in total. The Morgan fingerprint density at radius 1 is 1.15 bits per heavy atom. The quantitative estimate of drug-likeness (QED) is 0.669. The van der Waals surface area contributed by atoms with E-state index in [0.717, 1.165) is 20.5 Å². The molecule has 26 heavy (non-hydrogen) atoms. The van der Waals surface area contributed by atoms with E-state index in [0.29, 0.717) is 17.1 Å². The van der Waals surface area contributed by atoms with E-state index in [-0.39, 0.29) is 5.91 Å². The van der Waals surface area contributed by atoms with Crippen LogP contribution in [0.25, 0.3) is 0 Å². The lowest BCUT2D eigenvalue weighted by Crippen LogP contribution is -2.25. The number of amides is 2. The number of halogens is 1. The summed E-state index contributed by atoms with van der Waals surface area (Å²) in [5.41, 5.74) is 3.64. The van der Waals surface area contributed by atoms with Crippen molar-refractivity contribution in [2.75, 3.05) is 30.1 Å². The first kappa shape index (κ1) is 20.3. The highest BCUT2D eigenvalue weighted by Crippen LogP contribution is 2.28. The van der Waals surface area contributed by atoms with E-state index >= 15 is 0 Å². The summed E-state index contributed by atoms with van der Waals surface area (Å²) >= 11 is 5.02. The number of carbonyl (C=O) groups excluding carboxylic acids is 2.